The summed E-state index contributed by atoms with van der Waals surface area (Å²) in [6, 6.07) is 9.69. The molecule has 10 heteroatoms. The minimum absolute atomic E-state index is 0.182. The predicted octanol–water partition coefficient (Wildman–Crippen LogP) is 5.52. The number of nitrogens with zero attached hydrogens (tertiary/aromatic N) is 3. The summed E-state index contributed by atoms with van der Waals surface area (Å²) in [4.78, 5) is 9.04. The minimum atomic E-state index is -0.362. The van der Waals surface area contributed by atoms with Crippen LogP contribution in [0.3, 0.4) is 0 Å². The number of aromatic nitrogens is 2. The van der Waals surface area contributed by atoms with Gasteiger partial charge in [-0.1, -0.05) is 47.4 Å². The van der Waals surface area contributed by atoms with E-state index < -0.39 is 0 Å². The maximum absolute atomic E-state index is 13.9. The third-order valence-electron chi connectivity index (χ3n) is 5.66. The molecule has 0 spiro atoms. The number of anilines is 1. The Morgan fingerprint density at radius 2 is 2.06 bits per heavy atom. The average molecular weight is 522 g/mol. The lowest BCUT2D eigenvalue weighted by Gasteiger charge is -2.15. The Balaban J connectivity index is 1.58. The van der Waals surface area contributed by atoms with Crippen LogP contribution in [-0.4, -0.2) is 28.9 Å². The third kappa shape index (κ3) is 5.55. The van der Waals surface area contributed by atoms with Gasteiger partial charge in [0.25, 0.3) is 0 Å². The normalized spacial score (nSPS) is 15.8. The molecule has 4 rings (SSSR count). The van der Waals surface area contributed by atoms with Gasteiger partial charge in [0.05, 0.1) is 21.8 Å². The van der Waals surface area contributed by atoms with Crippen molar-refractivity contribution in [2.75, 3.05) is 18.8 Å². The Labute approximate surface area is 212 Å². The van der Waals surface area contributed by atoms with E-state index in [0.717, 1.165) is 19.5 Å². The van der Waals surface area contributed by atoms with Crippen LogP contribution in [0, 0.1) is 11.7 Å². The summed E-state index contributed by atoms with van der Waals surface area (Å²) in [5.74, 6) is 1.41. The lowest BCUT2D eigenvalue weighted by molar-refractivity contribution is 0.488. The zero-order valence-electron chi connectivity index (χ0n) is 18.3. The molecule has 0 saturated carbocycles. The first-order chi connectivity index (χ1) is 16.3. The van der Waals surface area contributed by atoms with Crippen LogP contribution in [0.25, 0.3) is 11.4 Å². The predicted molar refractivity (Wildman–Crippen MR) is 138 cm³/mol. The number of rotatable bonds is 8. The fourth-order valence-electron chi connectivity index (χ4n) is 3.86. The first-order valence-corrected chi connectivity index (χ1v) is 11.9. The number of benzene rings is 2. The van der Waals surface area contributed by atoms with Crippen LogP contribution in [0.2, 0.25) is 15.1 Å². The van der Waals surface area contributed by atoms with E-state index >= 15 is 0 Å². The van der Waals surface area contributed by atoms with E-state index in [1.807, 2.05) is 4.57 Å². The molecular weight excluding hydrogens is 498 g/mol. The maximum Gasteiger partial charge on any atom is 0.145 e. The van der Waals surface area contributed by atoms with Gasteiger partial charge < -0.3 is 20.9 Å². The Hall–Kier alpha value is -2.58. The fraction of sp³-hybridized carbons (Fsp3) is 0.250. The SMILES string of the molecule is C=C(/N=C\c1nc(-c2c(Cl)cccc2Cl)n(CC2CCNC2)c1N)NCc1cc(Cl)ccc1F. The number of nitrogens with one attached hydrogen (secondary N) is 2. The van der Waals surface area contributed by atoms with Crippen molar-refractivity contribution in [2.24, 2.45) is 10.9 Å². The zero-order chi connectivity index (χ0) is 24.2. The lowest BCUT2D eigenvalue weighted by atomic mass is 10.1. The minimum Gasteiger partial charge on any atom is -0.383 e. The number of hydrogen-bond acceptors (Lipinski definition) is 5. The smallest absolute Gasteiger partial charge is 0.145 e. The van der Waals surface area contributed by atoms with Gasteiger partial charge in [0.1, 0.15) is 29.0 Å². The van der Waals surface area contributed by atoms with Crippen molar-refractivity contribution in [3.63, 3.8) is 0 Å². The highest BCUT2D eigenvalue weighted by molar-refractivity contribution is 6.39. The molecule has 178 valence electrons. The van der Waals surface area contributed by atoms with Crippen molar-refractivity contribution in [3.05, 3.63) is 80.9 Å². The van der Waals surface area contributed by atoms with E-state index in [4.69, 9.17) is 45.5 Å². The highest BCUT2D eigenvalue weighted by atomic mass is 35.5. The van der Waals surface area contributed by atoms with Crippen molar-refractivity contribution in [1.82, 2.24) is 20.2 Å². The molecule has 1 unspecified atom stereocenters. The second-order valence-corrected chi connectivity index (χ2v) is 9.32. The molecule has 3 aromatic rings. The van der Waals surface area contributed by atoms with Crippen LogP contribution in [0.5, 0.6) is 0 Å². The van der Waals surface area contributed by atoms with Crippen molar-refractivity contribution in [2.45, 2.75) is 19.5 Å². The summed E-state index contributed by atoms with van der Waals surface area (Å²) < 4.78 is 15.9. The van der Waals surface area contributed by atoms with Crippen molar-refractivity contribution in [1.29, 1.82) is 0 Å². The van der Waals surface area contributed by atoms with Gasteiger partial charge in [-0.15, -0.1) is 0 Å². The van der Waals surface area contributed by atoms with Gasteiger partial charge in [-0.3, -0.25) is 0 Å². The van der Waals surface area contributed by atoms with E-state index in [-0.39, 0.29) is 12.4 Å². The summed E-state index contributed by atoms with van der Waals surface area (Å²) in [6.45, 7) is 6.59. The van der Waals surface area contributed by atoms with Crippen molar-refractivity contribution < 1.29 is 4.39 Å². The van der Waals surface area contributed by atoms with Crippen LogP contribution in [0.15, 0.2) is 53.8 Å². The van der Waals surface area contributed by atoms with E-state index in [1.54, 1.807) is 24.3 Å². The summed E-state index contributed by atoms with van der Waals surface area (Å²) in [7, 11) is 0. The number of aliphatic imine (C=N–C) groups is 1. The van der Waals surface area contributed by atoms with E-state index in [9.17, 15) is 4.39 Å². The monoisotopic (exact) mass is 520 g/mol. The quantitative estimate of drug-likeness (QED) is 0.341. The van der Waals surface area contributed by atoms with Crippen molar-refractivity contribution >= 4 is 46.8 Å². The maximum atomic E-state index is 13.9. The molecule has 1 fully saturated rings. The van der Waals surface area contributed by atoms with E-state index in [0.29, 0.717) is 61.8 Å². The lowest BCUT2D eigenvalue weighted by Crippen LogP contribution is -2.17. The van der Waals surface area contributed by atoms with Gasteiger partial charge in [0.15, 0.2) is 0 Å². The number of nitrogen functional groups attached to an aromatic ring is 1. The molecule has 34 heavy (non-hydrogen) atoms. The number of nitrogens with two attached hydrogens (primary N) is 1. The van der Waals surface area contributed by atoms with Gasteiger partial charge in [-0.25, -0.2) is 14.4 Å². The third-order valence-corrected chi connectivity index (χ3v) is 6.52. The van der Waals surface area contributed by atoms with E-state index in [1.165, 1.54) is 18.3 Å². The first-order valence-electron chi connectivity index (χ1n) is 10.8. The highest BCUT2D eigenvalue weighted by Crippen LogP contribution is 2.36. The van der Waals surface area contributed by atoms with Crippen molar-refractivity contribution in [3.8, 4) is 11.4 Å². The largest absolute Gasteiger partial charge is 0.383 e. The Kier molecular flexibility index (Phi) is 7.78. The highest BCUT2D eigenvalue weighted by Gasteiger charge is 2.23. The fourth-order valence-corrected chi connectivity index (χ4v) is 4.62. The van der Waals surface area contributed by atoms with Gasteiger partial charge in [0.2, 0.25) is 0 Å². The molecule has 1 saturated heterocycles. The summed E-state index contributed by atoms with van der Waals surface area (Å²) in [6.07, 6.45) is 2.56. The number of halogens is 4. The molecule has 1 aliphatic rings. The topological polar surface area (TPSA) is 80.3 Å². The van der Waals surface area contributed by atoms with Gasteiger partial charge in [0, 0.05) is 23.7 Å². The molecule has 1 aromatic heterocycles. The molecule has 0 amide bonds. The standard InChI is InChI=1S/C24H24Cl3FN6/c1-14(31-11-16-9-17(25)5-6-20(16)28)32-12-21-23(29)34(13-15-7-8-30-10-15)24(33-21)22-18(26)3-2-4-19(22)27/h2-6,9,12,15,30-31H,1,7-8,10-11,13,29H2/b32-12-. The second kappa shape index (κ2) is 10.8. The molecule has 0 aliphatic carbocycles. The molecule has 0 radical (unpaired) electrons. The number of imidazole rings is 1. The van der Waals surface area contributed by atoms with Crippen LogP contribution < -0.4 is 16.4 Å². The van der Waals surface area contributed by atoms with Crippen LogP contribution in [0.4, 0.5) is 10.2 Å². The van der Waals surface area contributed by atoms with Crippen LogP contribution in [-0.2, 0) is 13.1 Å². The summed E-state index contributed by atoms with van der Waals surface area (Å²) >= 11 is 18.9. The first kappa shape index (κ1) is 24.5. The molecule has 1 aliphatic heterocycles. The second-order valence-electron chi connectivity index (χ2n) is 8.07. The Morgan fingerprint density at radius 3 is 2.76 bits per heavy atom. The molecule has 2 aromatic carbocycles. The summed E-state index contributed by atoms with van der Waals surface area (Å²) in [5, 5.41) is 7.77. The van der Waals surface area contributed by atoms with Gasteiger partial charge >= 0.3 is 0 Å². The van der Waals surface area contributed by atoms with Gasteiger partial charge in [-0.05, 0) is 55.8 Å². The van der Waals surface area contributed by atoms with Gasteiger partial charge in [-0.2, -0.15) is 0 Å². The average Bonchev–Trinajstić information content (AvgIpc) is 3.42. The van der Waals surface area contributed by atoms with Crippen LogP contribution >= 0.6 is 34.8 Å². The Morgan fingerprint density at radius 1 is 1.29 bits per heavy atom. The molecule has 6 nitrogen and oxygen atoms in total. The Bertz CT molecular complexity index is 1210. The van der Waals surface area contributed by atoms with E-state index in [2.05, 4.69) is 22.2 Å². The molecule has 0 bridgehead atoms. The molecule has 1 atom stereocenters. The summed E-state index contributed by atoms with van der Waals surface area (Å²) in [5.41, 5.74) is 7.99. The molecule has 2 heterocycles. The number of hydrogen-bond donors (Lipinski definition) is 3. The molecular formula is C24H24Cl3FN6. The molecule has 4 N–H and O–H groups in total. The zero-order valence-corrected chi connectivity index (χ0v) is 20.6. The van der Waals surface area contributed by atoms with Crippen LogP contribution in [0.1, 0.15) is 17.7 Å².